The summed E-state index contributed by atoms with van der Waals surface area (Å²) < 4.78 is 6.27. The summed E-state index contributed by atoms with van der Waals surface area (Å²) in [6.45, 7) is 4.25. The molecule has 0 unspecified atom stereocenters. The highest BCUT2D eigenvalue weighted by atomic mass is 35.5. The van der Waals surface area contributed by atoms with Crippen LogP contribution in [0.5, 0.6) is 5.75 Å². The van der Waals surface area contributed by atoms with Crippen LogP contribution in [0, 0.1) is 0 Å². The predicted molar refractivity (Wildman–Crippen MR) is 101 cm³/mol. The van der Waals surface area contributed by atoms with Crippen LogP contribution in [0.25, 0.3) is 0 Å². The van der Waals surface area contributed by atoms with Gasteiger partial charge < -0.3 is 15.4 Å². The number of hydrogen-bond acceptors (Lipinski definition) is 2. The number of para-hydroxylation sites is 1. The Kier molecular flexibility index (Phi) is 5.19. The van der Waals surface area contributed by atoms with Crippen LogP contribution in [0.1, 0.15) is 44.7 Å². The molecule has 0 saturated heterocycles. The van der Waals surface area contributed by atoms with Gasteiger partial charge >= 0.3 is 6.03 Å². The first-order valence-corrected chi connectivity index (χ1v) is 9.04. The number of carbonyl (C=O) groups is 1. The molecule has 2 amide bonds. The van der Waals surface area contributed by atoms with Crippen LogP contribution in [0.2, 0.25) is 5.02 Å². The Morgan fingerprint density at radius 3 is 2.68 bits per heavy atom. The van der Waals surface area contributed by atoms with Crippen molar-refractivity contribution in [1.29, 1.82) is 0 Å². The third-order valence-corrected chi connectivity index (χ3v) is 5.11. The van der Waals surface area contributed by atoms with Gasteiger partial charge in [-0.3, -0.25) is 0 Å². The van der Waals surface area contributed by atoms with Gasteiger partial charge in [-0.15, -0.1) is 0 Å². The normalized spacial score (nSPS) is 18.0. The highest BCUT2D eigenvalue weighted by Gasteiger charge is 2.38. The van der Waals surface area contributed by atoms with Crippen LogP contribution < -0.4 is 15.4 Å². The zero-order chi connectivity index (χ0) is 17.9. The first kappa shape index (κ1) is 17.6. The van der Waals surface area contributed by atoms with Crippen molar-refractivity contribution >= 4 is 23.3 Å². The molecule has 132 valence electrons. The van der Waals surface area contributed by atoms with Gasteiger partial charge in [0.2, 0.25) is 0 Å². The van der Waals surface area contributed by atoms with Crippen molar-refractivity contribution in [3.05, 3.63) is 59.1 Å². The molecule has 25 heavy (non-hydrogen) atoms. The second-order valence-electron chi connectivity index (χ2n) is 6.40. The first-order chi connectivity index (χ1) is 12.0. The molecule has 2 N–H and O–H groups in total. The monoisotopic (exact) mass is 358 g/mol. The van der Waals surface area contributed by atoms with E-state index < -0.39 is 0 Å². The summed E-state index contributed by atoms with van der Waals surface area (Å²) >= 11 is 5.97. The largest absolute Gasteiger partial charge is 0.487 e. The molecule has 5 heteroatoms. The lowest BCUT2D eigenvalue weighted by molar-refractivity contribution is 0.0247. The Balaban J connectivity index is 1.79. The van der Waals surface area contributed by atoms with Crippen LogP contribution in [0.4, 0.5) is 10.5 Å². The molecule has 0 radical (unpaired) electrons. The highest BCUT2D eigenvalue weighted by molar-refractivity contribution is 6.30. The molecule has 3 rings (SSSR count). The molecule has 1 heterocycles. The third-order valence-electron chi connectivity index (χ3n) is 4.87. The minimum atomic E-state index is -0.248. The zero-order valence-corrected chi connectivity index (χ0v) is 15.3. The zero-order valence-electron chi connectivity index (χ0n) is 14.5. The van der Waals surface area contributed by atoms with E-state index in [2.05, 4.69) is 24.5 Å². The minimum Gasteiger partial charge on any atom is -0.487 e. The standard InChI is InChI=1S/C20H23ClN2O2/c1-3-20(4-2)13-17(16-10-5-6-11-18(16)25-20)23-19(24)22-15-9-7-8-14(21)12-15/h5-12,17H,3-4,13H2,1-2H3,(H2,22,23,24)/t17-/m0/s1. The number of fused-ring (bicyclic) bond motifs is 1. The average Bonchev–Trinajstić information content (AvgIpc) is 2.61. The smallest absolute Gasteiger partial charge is 0.319 e. The Morgan fingerprint density at radius 2 is 1.96 bits per heavy atom. The SMILES string of the molecule is CCC1(CC)C[C@H](NC(=O)Nc2cccc(Cl)c2)c2ccccc2O1. The quantitative estimate of drug-likeness (QED) is 0.753. The summed E-state index contributed by atoms with van der Waals surface area (Å²) in [5, 5.41) is 6.53. The van der Waals surface area contributed by atoms with Gasteiger partial charge in [0.1, 0.15) is 11.4 Å². The summed E-state index contributed by atoms with van der Waals surface area (Å²) in [5.74, 6) is 0.852. The number of ether oxygens (including phenoxy) is 1. The number of carbonyl (C=O) groups excluding carboxylic acids is 1. The summed E-state index contributed by atoms with van der Waals surface area (Å²) in [5.41, 5.74) is 1.44. The van der Waals surface area contributed by atoms with Crippen molar-refractivity contribution < 1.29 is 9.53 Å². The average molecular weight is 359 g/mol. The van der Waals surface area contributed by atoms with E-state index in [0.717, 1.165) is 30.6 Å². The molecular weight excluding hydrogens is 336 g/mol. The number of urea groups is 1. The van der Waals surface area contributed by atoms with E-state index >= 15 is 0 Å². The first-order valence-electron chi connectivity index (χ1n) is 8.66. The fourth-order valence-corrected chi connectivity index (χ4v) is 3.51. The van der Waals surface area contributed by atoms with Gasteiger partial charge in [-0.2, -0.15) is 0 Å². The third kappa shape index (κ3) is 3.90. The summed E-state index contributed by atoms with van der Waals surface area (Å²) in [6, 6.07) is 14.7. The Morgan fingerprint density at radius 1 is 1.20 bits per heavy atom. The lowest BCUT2D eigenvalue weighted by Crippen LogP contribution is -2.45. The van der Waals surface area contributed by atoms with Crippen molar-refractivity contribution in [2.75, 3.05) is 5.32 Å². The van der Waals surface area contributed by atoms with Crippen molar-refractivity contribution in [3.8, 4) is 5.75 Å². The number of nitrogens with one attached hydrogen (secondary N) is 2. The maximum atomic E-state index is 12.5. The second-order valence-corrected chi connectivity index (χ2v) is 6.83. The fourth-order valence-electron chi connectivity index (χ4n) is 3.32. The molecule has 2 aromatic carbocycles. The molecular formula is C20H23ClN2O2. The second kappa shape index (κ2) is 7.36. The van der Waals surface area contributed by atoms with Gasteiger partial charge in [0, 0.05) is 22.7 Å². The van der Waals surface area contributed by atoms with Crippen molar-refractivity contribution in [2.24, 2.45) is 0 Å². The van der Waals surface area contributed by atoms with E-state index in [4.69, 9.17) is 16.3 Å². The Bertz CT molecular complexity index is 759. The molecule has 1 aliphatic rings. The summed E-state index contributed by atoms with van der Waals surface area (Å²) in [7, 11) is 0. The van der Waals surface area contributed by atoms with Crippen molar-refractivity contribution in [3.63, 3.8) is 0 Å². The van der Waals surface area contributed by atoms with E-state index in [1.54, 1.807) is 18.2 Å². The number of halogens is 1. The molecule has 0 spiro atoms. The molecule has 0 aromatic heterocycles. The summed E-state index contributed by atoms with van der Waals surface area (Å²) in [4.78, 5) is 12.5. The van der Waals surface area contributed by atoms with Crippen molar-refractivity contribution in [2.45, 2.75) is 44.8 Å². The fraction of sp³-hybridized carbons (Fsp3) is 0.350. The van der Waals surface area contributed by atoms with Crippen LogP contribution in [0.3, 0.4) is 0 Å². The van der Waals surface area contributed by atoms with Crippen LogP contribution >= 0.6 is 11.6 Å². The Labute approximate surface area is 153 Å². The molecule has 4 nitrogen and oxygen atoms in total. The van der Waals surface area contributed by atoms with Gasteiger partial charge in [0.25, 0.3) is 0 Å². The van der Waals surface area contributed by atoms with Crippen LogP contribution in [0.15, 0.2) is 48.5 Å². The van der Waals surface area contributed by atoms with E-state index in [1.165, 1.54) is 0 Å². The molecule has 2 aromatic rings. The summed E-state index contributed by atoms with van der Waals surface area (Å²) in [6.07, 6.45) is 2.54. The van der Waals surface area contributed by atoms with Gasteiger partial charge in [-0.25, -0.2) is 4.79 Å². The Hall–Kier alpha value is -2.20. The maximum Gasteiger partial charge on any atom is 0.319 e. The number of amides is 2. The van der Waals surface area contributed by atoms with Crippen LogP contribution in [-0.2, 0) is 0 Å². The predicted octanol–water partition coefficient (Wildman–Crippen LogP) is 5.54. The van der Waals surface area contributed by atoms with Gasteiger partial charge in [0.15, 0.2) is 0 Å². The van der Waals surface area contributed by atoms with E-state index in [9.17, 15) is 4.79 Å². The molecule has 0 fully saturated rings. The van der Waals surface area contributed by atoms with E-state index in [0.29, 0.717) is 10.7 Å². The van der Waals surface area contributed by atoms with Gasteiger partial charge in [-0.05, 0) is 37.1 Å². The number of benzene rings is 2. The van der Waals surface area contributed by atoms with Gasteiger partial charge in [-0.1, -0.05) is 49.7 Å². The number of hydrogen-bond donors (Lipinski definition) is 2. The molecule has 1 atom stereocenters. The topological polar surface area (TPSA) is 50.4 Å². The lowest BCUT2D eigenvalue weighted by Gasteiger charge is -2.41. The van der Waals surface area contributed by atoms with Gasteiger partial charge in [0.05, 0.1) is 6.04 Å². The van der Waals surface area contributed by atoms with E-state index in [-0.39, 0.29) is 17.7 Å². The number of rotatable bonds is 4. The van der Waals surface area contributed by atoms with E-state index in [1.807, 2.05) is 30.3 Å². The highest BCUT2D eigenvalue weighted by Crippen LogP contribution is 2.42. The molecule has 1 aliphatic heterocycles. The lowest BCUT2D eigenvalue weighted by atomic mass is 9.83. The molecule has 0 aliphatic carbocycles. The van der Waals surface area contributed by atoms with Crippen LogP contribution in [-0.4, -0.2) is 11.6 Å². The minimum absolute atomic E-state index is 0.0935. The number of anilines is 1. The van der Waals surface area contributed by atoms with Crippen molar-refractivity contribution in [1.82, 2.24) is 5.32 Å². The molecule has 0 saturated carbocycles. The molecule has 0 bridgehead atoms. The maximum absolute atomic E-state index is 12.5.